The standard InChI is InChI=1S/C21H23NO2S/c1-2-24-19-9-5-3-7-16(19)11-12-21(23)22-14-13-17-15-25-20-10-6-4-8-18(17)20/h3-10,15H,2,11-14H2,1H3,(H,22,23). The highest BCUT2D eigenvalue weighted by molar-refractivity contribution is 7.17. The molecular weight excluding hydrogens is 330 g/mol. The van der Waals surface area contributed by atoms with Crippen molar-refractivity contribution in [3.63, 3.8) is 0 Å². The highest BCUT2D eigenvalue weighted by Gasteiger charge is 2.07. The van der Waals surface area contributed by atoms with Gasteiger partial charge in [-0.2, -0.15) is 0 Å². The Morgan fingerprint density at radius 2 is 1.84 bits per heavy atom. The molecule has 3 aromatic rings. The summed E-state index contributed by atoms with van der Waals surface area (Å²) >= 11 is 1.76. The van der Waals surface area contributed by atoms with Crippen LogP contribution in [0.1, 0.15) is 24.5 Å². The first-order valence-corrected chi connectivity index (χ1v) is 9.58. The number of fused-ring (bicyclic) bond motifs is 1. The summed E-state index contributed by atoms with van der Waals surface area (Å²) in [6, 6.07) is 16.3. The Balaban J connectivity index is 1.47. The summed E-state index contributed by atoms with van der Waals surface area (Å²) in [5.41, 5.74) is 2.39. The SMILES string of the molecule is CCOc1ccccc1CCC(=O)NCCc1csc2ccccc12. The van der Waals surface area contributed by atoms with Crippen LogP contribution in [-0.4, -0.2) is 19.1 Å². The van der Waals surface area contributed by atoms with Crippen LogP contribution >= 0.6 is 11.3 Å². The molecule has 25 heavy (non-hydrogen) atoms. The highest BCUT2D eigenvalue weighted by atomic mass is 32.1. The lowest BCUT2D eigenvalue weighted by Crippen LogP contribution is -2.25. The minimum atomic E-state index is 0.0887. The third-order valence-electron chi connectivity index (χ3n) is 4.17. The molecule has 0 atom stereocenters. The Kier molecular flexibility index (Phi) is 6.07. The van der Waals surface area contributed by atoms with Gasteiger partial charge in [-0.05, 0) is 53.8 Å². The lowest BCUT2D eigenvalue weighted by Gasteiger charge is -2.10. The molecule has 0 unspecified atom stereocenters. The van der Waals surface area contributed by atoms with Crippen LogP contribution in [-0.2, 0) is 17.6 Å². The summed E-state index contributed by atoms with van der Waals surface area (Å²) in [6.45, 7) is 3.28. The topological polar surface area (TPSA) is 38.3 Å². The van der Waals surface area contributed by atoms with E-state index in [4.69, 9.17) is 4.74 Å². The number of carbonyl (C=O) groups excluding carboxylic acids is 1. The average molecular weight is 353 g/mol. The van der Waals surface area contributed by atoms with Gasteiger partial charge >= 0.3 is 0 Å². The van der Waals surface area contributed by atoms with Crippen molar-refractivity contribution in [1.29, 1.82) is 0 Å². The van der Waals surface area contributed by atoms with E-state index in [2.05, 4.69) is 35.0 Å². The number of amides is 1. The van der Waals surface area contributed by atoms with Gasteiger partial charge in [0.05, 0.1) is 6.61 Å². The summed E-state index contributed by atoms with van der Waals surface area (Å²) in [5, 5.41) is 6.52. The van der Waals surface area contributed by atoms with E-state index in [1.165, 1.54) is 15.6 Å². The van der Waals surface area contributed by atoms with Crippen molar-refractivity contribution < 1.29 is 9.53 Å². The minimum Gasteiger partial charge on any atom is -0.494 e. The molecule has 1 N–H and O–H groups in total. The molecule has 2 aromatic carbocycles. The average Bonchev–Trinajstić information content (AvgIpc) is 3.05. The van der Waals surface area contributed by atoms with Gasteiger partial charge in [0.1, 0.15) is 5.75 Å². The van der Waals surface area contributed by atoms with Crippen LogP contribution in [0.2, 0.25) is 0 Å². The zero-order valence-corrected chi connectivity index (χ0v) is 15.3. The first-order valence-electron chi connectivity index (χ1n) is 8.70. The monoisotopic (exact) mass is 353 g/mol. The molecule has 0 saturated heterocycles. The molecule has 1 aromatic heterocycles. The third-order valence-corrected chi connectivity index (χ3v) is 5.18. The van der Waals surface area contributed by atoms with Crippen LogP contribution in [0.3, 0.4) is 0 Å². The van der Waals surface area contributed by atoms with Crippen LogP contribution in [0.5, 0.6) is 5.75 Å². The normalized spacial score (nSPS) is 10.8. The summed E-state index contributed by atoms with van der Waals surface area (Å²) in [6.07, 6.45) is 2.04. The first-order chi connectivity index (χ1) is 12.3. The van der Waals surface area contributed by atoms with Gasteiger partial charge in [0.15, 0.2) is 0 Å². The lowest BCUT2D eigenvalue weighted by atomic mass is 10.1. The van der Waals surface area contributed by atoms with Gasteiger partial charge in [-0.1, -0.05) is 36.4 Å². The molecule has 3 rings (SSSR count). The van der Waals surface area contributed by atoms with E-state index in [0.717, 1.165) is 17.7 Å². The van der Waals surface area contributed by atoms with Crippen molar-refractivity contribution >= 4 is 27.3 Å². The molecule has 0 aliphatic rings. The molecule has 0 saturated carbocycles. The summed E-state index contributed by atoms with van der Waals surface area (Å²) in [7, 11) is 0. The lowest BCUT2D eigenvalue weighted by molar-refractivity contribution is -0.121. The maximum Gasteiger partial charge on any atom is 0.220 e. The van der Waals surface area contributed by atoms with Gasteiger partial charge in [0, 0.05) is 17.7 Å². The van der Waals surface area contributed by atoms with Crippen LogP contribution in [0, 0.1) is 0 Å². The molecule has 1 heterocycles. The number of nitrogens with one attached hydrogen (secondary N) is 1. The second-order valence-electron chi connectivity index (χ2n) is 5.90. The Bertz CT molecular complexity index is 841. The maximum absolute atomic E-state index is 12.1. The number of para-hydroxylation sites is 1. The van der Waals surface area contributed by atoms with E-state index in [0.29, 0.717) is 26.0 Å². The van der Waals surface area contributed by atoms with E-state index in [1.54, 1.807) is 11.3 Å². The number of hydrogen-bond donors (Lipinski definition) is 1. The van der Waals surface area contributed by atoms with Gasteiger partial charge in [0.2, 0.25) is 5.91 Å². The second kappa shape index (κ2) is 8.67. The van der Waals surface area contributed by atoms with Crippen molar-refractivity contribution in [2.45, 2.75) is 26.2 Å². The highest BCUT2D eigenvalue weighted by Crippen LogP contribution is 2.25. The van der Waals surface area contributed by atoms with Crippen LogP contribution < -0.4 is 10.1 Å². The van der Waals surface area contributed by atoms with Crippen molar-refractivity contribution in [1.82, 2.24) is 5.32 Å². The van der Waals surface area contributed by atoms with E-state index in [-0.39, 0.29) is 5.91 Å². The van der Waals surface area contributed by atoms with Gasteiger partial charge in [-0.3, -0.25) is 4.79 Å². The molecule has 0 bridgehead atoms. The number of aryl methyl sites for hydroxylation is 1. The predicted molar refractivity (Wildman–Crippen MR) is 104 cm³/mol. The molecule has 3 nitrogen and oxygen atoms in total. The van der Waals surface area contributed by atoms with Crippen molar-refractivity contribution in [3.8, 4) is 5.75 Å². The summed E-state index contributed by atoms with van der Waals surface area (Å²) < 4.78 is 6.91. The molecule has 4 heteroatoms. The molecular formula is C21H23NO2S. The van der Waals surface area contributed by atoms with Gasteiger partial charge in [-0.25, -0.2) is 0 Å². The Hall–Kier alpha value is -2.33. The fourth-order valence-corrected chi connectivity index (χ4v) is 3.90. The Morgan fingerprint density at radius 3 is 2.72 bits per heavy atom. The fraction of sp³-hybridized carbons (Fsp3) is 0.286. The Labute approximate surface area is 152 Å². The molecule has 0 spiro atoms. The van der Waals surface area contributed by atoms with Crippen molar-refractivity contribution in [2.75, 3.05) is 13.2 Å². The second-order valence-corrected chi connectivity index (χ2v) is 6.81. The minimum absolute atomic E-state index is 0.0887. The van der Waals surface area contributed by atoms with Crippen LogP contribution in [0.4, 0.5) is 0 Å². The van der Waals surface area contributed by atoms with E-state index in [9.17, 15) is 4.79 Å². The quantitative estimate of drug-likeness (QED) is 0.643. The zero-order chi connectivity index (χ0) is 17.5. The van der Waals surface area contributed by atoms with Gasteiger partial charge in [0.25, 0.3) is 0 Å². The molecule has 130 valence electrons. The number of thiophene rings is 1. The van der Waals surface area contributed by atoms with Crippen LogP contribution in [0.15, 0.2) is 53.9 Å². The predicted octanol–water partition coefficient (Wildman–Crippen LogP) is 4.59. The Morgan fingerprint density at radius 1 is 1.04 bits per heavy atom. The van der Waals surface area contributed by atoms with Crippen LogP contribution in [0.25, 0.3) is 10.1 Å². The summed E-state index contributed by atoms with van der Waals surface area (Å²) in [4.78, 5) is 12.1. The molecule has 0 aliphatic heterocycles. The number of carbonyl (C=O) groups is 1. The first kappa shape index (κ1) is 17.5. The van der Waals surface area contributed by atoms with Gasteiger partial charge < -0.3 is 10.1 Å². The van der Waals surface area contributed by atoms with E-state index >= 15 is 0 Å². The maximum atomic E-state index is 12.1. The third kappa shape index (κ3) is 4.60. The molecule has 0 radical (unpaired) electrons. The number of benzene rings is 2. The van der Waals surface area contributed by atoms with E-state index < -0.39 is 0 Å². The number of hydrogen-bond acceptors (Lipinski definition) is 3. The molecule has 1 amide bonds. The van der Waals surface area contributed by atoms with E-state index in [1.807, 2.05) is 31.2 Å². The number of ether oxygens (including phenoxy) is 1. The van der Waals surface area contributed by atoms with Crippen molar-refractivity contribution in [3.05, 3.63) is 65.0 Å². The fourth-order valence-electron chi connectivity index (χ4n) is 2.91. The zero-order valence-electron chi connectivity index (χ0n) is 14.5. The van der Waals surface area contributed by atoms with Gasteiger partial charge in [-0.15, -0.1) is 11.3 Å². The largest absolute Gasteiger partial charge is 0.494 e. The molecule has 0 fully saturated rings. The summed E-state index contributed by atoms with van der Waals surface area (Å²) in [5.74, 6) is 0.966. The van der Waals surface area contributed by atoms with Crippen molar-refractivity contribution in [2.24, 2.45) is 0 Å². The smallest absolute Gasteiger partial charge is 0.220 e. The number of rotatable bonds is 8. The molecule has 0 aliphatic carbocycles.